The number of hydrogen-bond donors (Lipinski definition) is 3. The highest BCUT2D eigenvalue weighted by molar-refractivity contribution is 7.89. The Morgan fingerprint density at radius 3 is 2.53 bits per heavy atom. The number of aromatic nitrogens is 2. The fourth-order valence-corrected chi connectivity index (χ4v) is 4.67. The zero-order chi connectivity index (χ0) is 23.8. The molecule has 1 amide bonds. The van der Waals surface area contributed by atoms with Crippen molar-refractivity contribution in [2.24, 2.45) is 0 Å². The first-order valence-electron chi connectivity index (χ1n) is 11.3. The average Bonchev–Trinajstić information content (AvgIpc) is 3.40. The molecule has 3 N–H and O–H groups in total. The van der Waals surface area contributed by atoms with Gasteiger partial charge in [0.2, 0.25) is 15.9 Å². The number of H-pyrrole nitrogens is 1. The van der Waals surface area contributed by atoms with E-state index in [0.717, 1.165) is 23.2 Å². The van der Waals surface area contributed by atoms with Crippen LogP contribution >= 0.6 is 0 Å². The molecule has 0 atom stereocenters. The van der Waals surface area contributed by atoms with Crippen molar-refractivity contribution in [1.82, 2.24) is 20.2 Å². The van der Waals surface area contributed by atoms with Gasteiger partial charge in [-0.3, -0.25) is 9.89 Å². The molecule has 9 nitrogen and oxygen atoms in total. The maximum absolute atomic E-state index is 12.5. The monoisotopic (exact) mass is 484 g/mol. The number of ether oxygens (including phenoxy) is 2. The third-order valence-corrected chi connectivity index (χ3v) is 6.91. The van der Waals surface area contributed by atoms with Crippen LogP contribution in [0.3, 0.4) is 0 Å². The van der Waals surface area contributed by atoms with E-state index < -0.39 is 10.0 Å². The minimum Gasteiger partial charge on any atom is -0.486 e. The molecule has 0 unspecified atom stereocenters. The molecule has 2 heterocycles. The summed E-state index contributed by atoms with van der Waals surface area (Å²) < 4.78 is 38.5. The number of carbonyl (C=O) groups is 1. The van der Waals surface area contributed by atoms with E-state index in [1.807, 2.05) is 30.3 Å². The summed E-state index contributed by atoms with van der Waals surface area (Å²) in [5.74, 6) is 0.970. The highest BCUT2D eigenvalue weighted by Crippen LogP contribution is 2.32. The van der Waals surface area contributed by atoms with Crippen LogP contribution in [0.15, 0.2) is 59.6 Å². The number of nitrogens with one attached hydrogen (secondary N) is 3. The van der Waals surface area contributed by atoms with Gasteiger partial charge in [-0.15, -0.1) is 0 Å². The molecule has 3 aromatic rings. The predicted octanol–water partition coefficient (Wildman–Crippen LogP) is 3.00. The minimum absolute atomic E-state index is 0.0190. The van der Waals surface area contributed by atoms with Gasteiger partial charge in [-0.25, -0.2) is 13.1 Å². The molecule has 0 radical (unpaired) electrons. The first-order chi connectivity index (χ1) is 16.5. The van der Waals surface area contributed by atoms with E-state index in [2.05, 4.69) is 20.2 Å². The molecule has 1 aliphatic heterocycles. The zero-order valence-corrected chi connectivity index (χ0v) is 19.6. The van der Waals surface area contributed by atoms with Gasteiger partial charge in [0.25, 0.3) is 0 Å². The first-order valence-corrected chi connectivity index (χ1v) is 12.7. The van der Waals surface area contributed by atoms with E-state index in [-0.39, 0.29) is 10.8 Å². The Labute approximate surface area is 198 Å². The first kappa shape index (κ1) is 23.8. The summed E-state index contributed by atoms with van der Waals surface area (Å²) in [6, 6.07) is 14.4. The molecule has 0 saturated carbocycles. The Balaban J connectivity index is 1.11. The molecular formula is C24H28N4O5S. The summed E-state index contributed by atoms with van der Waals surface area (Å²) in [5, 5.41) is 9.79. The van der Waals surface area contributed by atoms with Crippen molar-refractivity contribution in [3.05, 3.63) is 60.3 Å². The van der Waals surface area contributed by atoms with Gasteiger partial charge in [-0.05, 0) is 42.2 Å². The quantitative estimate of drug-likeness (QED) is 0.360. The second kappa shape index (κ2) is 11.2. The van der Waals surface area contributed by atoms with Crippen molar-refractivity contribution in [2.45, 2.75) is 37.1 Å². The van der Waals surface area contributed by atoms with Crippen molar-refractivity contribution >= 4 is 15.9 Å². The standard InChI is InChI=1S/C24H28N4O5S/c29-24(25-17-18-5-7-19(8-6-18)21-11-13-26-28-21)4-2-1-3-12-27-34(30,31)20-9-10-22-23(16-20)33-15-14-32-22/h5-11,13,16,27H,1-4,12,14-15,17H2,(H,25,29)(H,26,28). The third-order valence-electron chi connectivity index (χ3n) is 5.45. The maximum Gasteiger partial charge on any atom is 0.240 e. The van der Waals surface area contributed by atoms with Gasteiger partial charge in [0.1, 0.15) is 13.2 Å². The fourth-order valence-electron chi connectivity index (χ4n) is 3.58. The van der Waals surface area contributed by atoms with E-state index in [0.29, 0.717) is 57.1 Å². The predicted molar refractivity (Wildman–Crippen MR) is 127 cm³/mol. The van der Waals surface area contributed by atoms with Crippen LogP contribution in [0.25, 0.3) is 11.3 Å². The zero-order valence-electron chi connectivity index (χ0n) is 18.7. The molecule has 34 heavy (non-hydrogen) atoms. The molecule has 1 aromatic heterocycles. The normalized spacial score (nSPS) is 12.9. The Morgan fingerprint density at radius 1 is 0.971 bits per heavy atom. The molecular weight excluding hydrogens is 456 g/mol. The van der Waals surface area contributed by atoms with Gasteiger partial charge in [0.05, 0.1) is 10.6 Å². The number of amides is 1. The van der Waals surface area contributed by atoms with Gasteiger partial charge in [0, 0.05) is 31.8 Å². The van der Waals surface area contributed by atoms with Gasteiger partial charge in [-0.2, -0.15) is 5.10 Å². The molecule has 1 aliphatic rings. The summed E-state index contributed by atoms with van der Waals surface area (Å²) in [7, 11) is -3.62. The van der Waals surface area contributed by atoms with E-state index in [4.69, 9.17) is 9.47 Å². The van der Waals surface area contributed by atoms with Gasteiger partial charge in [-0.1, -0.05) is 30.7 Å². The fraction of sp³-hybridized carbons (Fsp3) is 0.333. The van der Waals surface area contributed by atoms with E-state index in [1.54, 1.807) is 12.3 Å². The van der Waals surface area contributed by atoms with Crippen LogP contribution < -0.4 is 19.5 Å². The van der Waals surface area contributed by atoms with Crippen molar-refractivity contribution in [3.63, 3.8) is 0 Å². The van der Waals surface area contributed by atoms with Crippen LogP contribution in [0.2, 0.25) is 0 Å². The highest BCUT2D eigenvalue weighted by Gasteiger charge is 2.18. The number of carbonyl (C=O) groups excluding carboxylic acids is 1. The summed E-state index contributed by atoms with van der Waals surface area (Å²) in [6.07, 6.45) is 4.19. The lowest BCUT2D eigenvalue weighted by molar-refractivity contribution is -0.121. The lowest BCUT2D eigenvalue weighted by atomic mass is 10.1. The summed E-state index contributed by atoms with van der Waals surface area (Å²) >= 11 is 0. The lowest BCUT2D eigenvalue weighted by Gasteiger charge is -2.18. The Bertz CT molecular complexity index is 1190. The number of fused-ring (bicyclic) bond motifs is 1. The van der Waals surface area contributed by atoms with E-state index in [9.17, 15) is 13.2 Å². The Morgan fingerprint density at radius 2 is 1.76 bits per heavy atom. The molecule has 0 fully saturated rings. The summed E-state index contributed by atoms with van der Waals surface area (Å²) in [6.45, 7) is 1.63. The van der Waals surface area contributed by atoms with Crippen LogP contribution in [-0.4, -0.2) is 44.3 Å². The van der Waals surface area contributed by atoms with Crippen LogP contribution in [0.4, 0.5) is 0 Å². The van der Waals surface area contributed by atoms with Crippen LogP contribution in [0.5, 0.6) is 11.5 Å². The number of nitrogens with zero attached hydrogens (tertiary/aromatic N) is 1. The molecule has 0 saturated heterocycles. The number of sulfonamides is 1. The maximum atomic E-state index is 12.5. The topological polar surface area (TPSA) is 122 Å². The van der Waals surface area contributed by atoms with E-state index >= 15 is 0 Å². The van der Waals surface area contributed by atoms with Gasteiger partial charge < -0.3 is 14.8 Å². The lowest BCUT2D eigenvalue weighted by Crippen LogP contribution is -2.25. The molecule has 2 aromatic carbocycles. The van der Waals surface area contributed by atoms with Crippen LogP contribution in [-0.2, 0) is 21.4 Å². The van der Waals surface area contributed by atoms with Gasteiger partial charge in [0.15, 0.2) is 11.5 Å². The molecule has 0 aliphatic carbocycles. The van der Waals surface area contributed by atoms with Gasteiger partial charge >= 0.3 is 0 Å². The van der Waals surface area contributed by atoms with Crippen molar-refractivity contribution in [2.75, 3.05) is 19.8 Å². The van der Waals surface area contributed by atoms with Crippen molar-refractivity contribution in [1.29, 1.82) is 0 Å². The second-order valence-electron chi connectivity index (χ2n) is 7.96. The largest absolute Gasteiger partial charge is 0.486 e. The number of unbranched alkanes of at least 4 members (excludes halogenated alkanes) is 2. The third kappa shape index (κ3) is 6.36. The average molecular weight is 485 g/mol. The number of hydrogen-bond acceptors (Lipinski definition) is 6. The number of benzene rings is 2. The number of rotatable bonds is 11. The van der Waals surface area contributed by atoms with Crippen LogP contribution in [0.1, 0.15) is 31.2 Å². The highest BCUT2D eigenvalue weighted by atomic mass is 32.2. The summed E-state index contributed by atoms with van der Waals surface area (Å²) in [4.78, 5) is 12.3. The van der Waals surface area contributed by atoms with E-state index in [1.165, 1.54) is 12.1 Å². The number of aromatic amines is 1. The van der Waals surface area contributed by atoms with Crippen LogP contribution in [0, 0.1) is 0 Å². The minimum atomic E-state index is -3.62. The molecule has 4 rings (SSSR count). The molecule has 10 heteroatoms. The second-order valence-corrected chi connectivity index (χ2v) is 9.72. The molecule has 180 valence electrons. The molecule has 0 spiro atoms. The Hall–Kier alpha value is -3.37. The van der Waals surface area contributed by atoms with Crippen molar-refractivity contribution < 1.29 is 22.7 Å². The van der Waals surface area contributed by atoms with Crippen molar-refractivity contribution in [3.8, 4) is 22.8 Å². The Kier molecular flexibility index (Phi) is 7.81. The summed E-state index contributed by atoms with van der Waals surface area (Å²) in [5.41, 5.74) is 3.01. The molecule has 0 bridgehead atoms. The SMILES string of the molecule is O=C(CCCCCNS(=O)(=O)c1ccc2c(c1)OCCO2)NCc1ccc(-c2ccn[nH]2)cc1. The smallest absolute Gasteiger partial charge is 0.240 e.